The molecule has 4 aliphatic rings. The number of benzene rings is 1. The molecule has 6 heteroatoms. The van der Waals surface area contributed by atoms with E-state index in [0.29, 0.717) is 24.3 Å². The zero-order chi connectivity index (χ0) is 19.6. The number of rotatable bonds is 2. The number of phenolic OH excluding ortho intramolecular Hbond substituents is 1. The van der Waals surface area contributed by atoms with Crippen molar-refractivity contribution in [2.45, 2.75) is 44.7 Å². The van der Waals surface area contributed by atoms with Crippen molar-refractivity contribution in [3.8, 4) is 5.75 Å². The van der Waals surface area contributed by atoms with Crippen LogP contribution in [0.15, 0.2) is 24.3 Å². The van der Waals surface area contributed by atoms with Crippen molar-refractivity contribution < 1.29 is 9.90 Å². The Morgan fingerprint density at radius 3 is 2.57 bits per heavy atom. The average molecular weight is 380 g/mol. The Balaban J connectivity index is 1.56. The zero-order valence-electron chi connectivity index (χ0n) is 16.8. The number of likely N-dealkylation sites (tertiary alicyclic amines) is 1. The first-order valence-electron chi connectivity index (χ1n) is 10.3. The molecule has 1 amide bonds. The van der Waals surface area contributed by atoms with Gasteiger partial charge < -0.3 is 10.0 Å². The number of piperidine rings is 3. The van der Waals surface area contributed by atoms with E-state index in [0.717, 1.165) is 35.6 Å². The number of fused-ring (bicyclic) bond motifs is 2. The number of hydrogen-bond donors (Lipinski definition) is 1. The molecule has 1 N–H and O–H groups in total. The Morgan fingerprint density at radius 2 is 1.93 bits per heavy atom. The fourth-order valence-electron chi connectivity index (χ4n) is 5.93. The molecule has 28 heavy (non-hydrogen) atoms. The molecule has 0 spiro atoms. The molecule has 4 fully saturated rings. The highest BCUT2D eigenvalue weighted by Crippen LogP contribution is 2.47. The molecule has 4 saturated heterocycles. The number of amides is 1. The monoisotopic (exact) mass is 380 g/mol. The second-order valence-corrected chi connectivity index (χ2v) is 8.68. The molecule has 6 rings (SSSR count). The van der Waals surface area contributed by atoms with Crippen LogP contribution < -0.4 is 0 Å². The van der Waals surface area contributed by atoms with Crippen LogP contribution in [0.4, 0.5) is 0 Å². The van der Waals surface area contributed by atoms with E-state index in [1.807, 2.05) is 33.0 Å². The third-order valence-corrected chi connectivity index (χ3v) is 7.28. The van der Waals surface area contributed by atoms with Gasteiger partial charge in [-0.15, -0.1) is 0 Å². The lowest BCUT2D eigenvalue weighted by Gasteiger charge is -2.51. The van der Waals surface area contributed by atoms with E-state index < -0.39 is 0 Å². The summed E-state index contributed by atoms with van der Waals surface area (Å²) in [6.07, 6.45) is 2.34. The van der Waals surface area contributed by atoms with E-state index in [1.165, 1.54) is 12.8 Å². The van der Waals surface area contributed by atoms with Gasteiger partial charge in [0, 0.05) is 31.2 Å². The van der Waals surface area contributed by atoms with Crippen molar-refractivity contribution in [2.24, 2.45) is 13.0 Å². The van der Waals surface area contributed by atoms with Gasteiger partial charge in [-0.05, 0) is 63.4 Å². The molecule has 0 saturated carbocycles. The van der Waals surface area contributed by atoms with E-state index in [-0.39, 0.29) is 17.9 Å². The maximum atomic E-state index is 13.7. The van der Waals surface area contributed by atoms with Gasteiger partial charge in [-0.25, -0.2) is 0 Å². The quantitative estimate of drug-likeness (QED) is 0.869. The lowest BCUT2D eigenvalue weighted by Crippen LogP contribution is -2.60. The number of aryl methyl sites for hydroxylation is 2. The Labute approximate surface area is 165 Å². The predicted octanol–water partition coefficient (Wildman–Crippen LogP) is 2.44. The molecule has 6 nitrogen and oxygen atoms in total. The normalized spacial score (nSPS) is 31.2. The minimum Gasteiger partial charge on any atom is -0.508 e. The van der Waals surface area contributed by atoms with Crippen molar-refractivity contribution >= 4 is 5.91 Å². The van der Waals surface area contributed by atoms with Crippen molar-refractivity contribution in [1.82, 2.24) is 19.6 Å². The second kappa shape index (κ2) is 6.34. The minimum absolute atomic E-state index is 0.120. The molecule has 0 unspecified atom stereocenters. The van der Waals surface area contributed by atoms with Crippen molar-refractivity contribution in [2.75, 3.05) is 19.6 Å². The third kappa shape index (κ3) is 2.50. The molecule has 0 radical (unpaired) electrons. The highest BCUT2D eigenvalue weighted by Gasteiger charge is 2.55. The van der Waals surface area contributed by atoms with Crippen LogP contribution in [-0.2, 0) is 7.05 Å². The molecule has 148 valence electrons. The summed E-state index contributed by atoms with van der Waals surface area (Å²) < 4.78 is 1.80. The van der Waals surface area contributed by atoms with Gasteiger partial charge in [0.25, 0.3) is 5.91 Å². The van der Waals surface area contributed by atoms with Gasteiger partial charge in [0.05, 0.1) is 17.3 Å². The Hall–Kier alpha value is -2.34. The Morgan fingerprint density at radius 1 is 1.18 bits per heavy atom. The second-order valence-electron chi connectivity index (χ2n) is 8.68. The highest BCUT2D eigenvalue weighted by molar-refractivity contribution is 5.97. The van der Waals surface area contributed by atoms with Crippen LogP contribution in [0.1, 0.15) is 46.1 Å². The molecule has 1 aromatic carbocycles. The molecule has 5 heterocycles. The van der Waals surface area contributed by atoms with Crippen LogP contribution in [0.3, 0.4) is 0 Å². The lowest BCUT2D eigenvalue weighted by molar-refractivity contribution is -0.00346. The highest BCUT2D eigenvalue weighted by atomic mass is 16.3. The first kappa shape index (κ1) is 17.7. The fraction of sp³-hybridized carbons (Fsp3) is 0.545. The molecular weight excluding hydrogens is 352 g/mol. The molecule has 2 bridgehead atoms. The van der Waals surface area contributed by atoms with Crippen molar-refractivity contribution in [1.29, 1.82) is 0 Å². The third-order valence-electron chi connectivity index (χ3n) is 7.28. The van der Waals surface area contributed by atoms with Crippen LogP contribution >= 0.6 is 0 Å². The van der Waals surface area contributed by atoms with Crippen molar-refractivity contribution in [3.05, 3.63) is 46.8 Å². The molecular formula is C22H28N4O2. The first-order valence-corrected chi connectivity index (χ1v) is 10.3. The van der Waals surface area contributed by atoms with E-state index >= 15 is 0 Å². The maximum absolute atomic E-state index is 13.7. The average Bonchev–Trinajstić information content (AvgIpc) is 3.22. The van der Waals surface area contributed by atoms with Crippen LogP contribution in [-0.4, -0.2) is 62.3 Å². The van der Waals surface area contributed by atoms with Gasteiger partial charge in [0.2, 0.25) is 0 Å². The summed E-state index contributed by atoms with van der Waals surface area (Å²) in [6.45, 7) is 6.85. The number of carbonyl (C=O) groups is 1. The van der Waals surface area contributed by atoms with Gasteiger partial charge >= 0.3 is 0 Å². The minimum atomic E-state index is 0.120. The smallest absolute Gasteiger partial charge is 0.257 e. The number of phenols is 1. The zero-order valence-corrected chi connectivity index (χ0v) is 16.8. The van der Waals surface area contributed by atoms with Gasteiger partial charge in [0.15, 0.2) is 0 Å². The SMILES string of the molecule is Cc1nn(C)c(C)c1C(=O)N1C[C@@H](c2cccc(O)c2)[C@@H]2[C@H]1C1CCN2CC1. The van der Waals surface area contributed by atoms with Gasteiger partial charge in [0.1, 0.15) is 5.75 Å². The summed E-state index contributed by atoms with van der Waals surface area (Å²) in [4.78, 5) is 18.4. The lowest BCUT2D eigenvalue weighted by atomic mass is 9.75. The standard InChI is InChI=1S/C22H28N4O2/c1-13-19(14(2)24(3)23-13)22(28)26-12-18(16-5-4-6-17(27)11-16)21-20(26)15-7-9-25(21)10-8-15/h4-6,11,15,18,20-21,27H,7-10,12H2,1-3H3/t18-,20+,21+/m0/s1. The van der Waals surface area contributed by atoms with Crippen molar-refractivity contribution in [3.63, 3.8) is 0 Å². The van der Waals surface area contributed by atoms with Crippen LogP contribution in [0.25, 0.3) is 0 Å². The molecule has 2 aromatic rings. The number of hydrogen-bond acceptors (Lipinski definition) is 4. The first-order chi connectivity index (χ1) is 13.5. The van der Waals surface area contributed by atoms with E-state index in [1.54, 1.807) is 10.7 Å². The van der Waals surface area contributed by atoms with Gasteiger partial charge in [-0.2, -0.15) is 5.10 Å². The van der Waals surface area contributed by atoms with Crippen LogP contribution in [0.2, 0.25) is 0 Å². The molecule has 0 aliphatic carbocycles. The largest absolute Gasteiger partial charge is 0.508 e. The Bertz CT molecular complexity index is 929. The topological polar surface area (TPSA) is 61.6 Å². The summed E-state index contributed by atoms with van der Waals surface area (Å²) in [6, 6.07) is 8.20. The van der Waals surface area contributed by atoms with E-state index in [9.17, 15) is 9.90 Å². The predicted molar refractivity (Wildman–Crippen MR) is 106 cm³/mol. The van der Waals surface area contributed by atoms with Gasteiger partial charge in [-0.3, -0.25) is 14.4 Å². The summed E-state index contributed by atoms with van der Waals surface area (Å²) in [5.41, 5.74) is 3.64. The van der Waals surface area contributed by atoms with Crippen LogP contribution in [0.5, 0.6) is 5.75 Å². The maximum Gasteiger partial charge on any atom is 0.257 e. The Kier molecular flexibility index (Phi) is 4.02. The molecule has 4 aliphatic heterocycles. The summed E-state index contributed by atoms with van der Waals surface area (Å²) >= 11 is 0. The molecule has 3 atom stereocenters. The van der Waals surface area contributed by atoms with E-state index in [2.05, 4.69) is 21.0 Å². The summed E-state index contributed by atoms with van der Waals surface area (Å²) in [5.74, 6) is 1.23. The number of aromatic nitrogens is 2. The number of nitrogens with zero attached hydrogens (tertiary/aromatic N) is 4. The van der Waals surface area contributed by atoms with E-state index in [4.69, 9.17) is 0 Å². The number of aromatic hydroxyl groups is 1. The summed E-state index contributed by atoms with van der Waals surface area (Å²) in [7, 11) is 1.90. The number of carbonyl (C=O) groups excluding carboxylic acids is 1. The van der Waals surface area contributed by atoms with Crippen LogP contribution in [0, 0.1) is 19.8 Å². The fourth-order valence-corrected chi connectivity index (χ4v) is 5.93. The molecule has 1 aromatic heterocycles. The van der Waals surface area contributed by atoms with Gasteiger partial charge in [-0.1, -0.05) is 12.1 Å². The summed E-state index contributed by atoms with van der Waals surface area (Å²) in [5, 5.41) is 14.5.